The third-order valence-electron chi connectivity index (χ3n) is 2.36. The van der Waals surface area contributed by atoms with Crippen molar-refractivity contribution in [2.45, 2.75) is 18.0 Å². The van der Waals surface area contributed by atoms with E-state index < -0.39 is 18.4 Å². The molecule has 0 radical (unpaired) electrons. The first kappa shape index (κ1) is 12.4. The first-order valence-electron chi connectivity index (χ1n) is 4.40. The fourth-order valence-electron chi connectivity index (χ4n) is 1.15. The van der Waals surface area contributed by atoms with Gasteiger partial charge in [-0.2, -0.15) is 8.42 Å². The molecule has 0 spiro atoms. The molecule has 0 aliphatic rings. The van der Waals surface area contributed by atoms with Crippen molar-refractivity contribution >= 4 is 23.6 Å². The summed E-state index contributed by atoms with van der Waals surface area (Å²) in [7, 11) is -4.37. The number of rotatable bonds is 3. The van der Waals surface area contributed by atoms with E-state index in [-0.39, 0.29) is 4.90 Å². The van der Waals surface area contributed by atoms with Crippen molar-refractivity contribution in [3.05, 3.63) is 24.3 Å². The fourth-order valence-corrected chi connectivity index (χ4v) is 2.83. The van der Waals surface area contributed by atoms with E-state index >= 15 is 0 Å². The molecule has 0 amide bonds. The second kappa shape index (κ2) is 4.05. The molecule has 1 aromatic rings. The van der Waals surface area contributed by atoms with Gasteiger partial charge in [-0.1, -0.05) is 12.1 Å². The van der Waals surface area contributed by atoms with Gasteiger partial charge in [0, 0.05) is 7.11 Å². The van der Waals surface area contributed by atoms with Gasteiger partial charge in [0.05, 0.1) is 4.90 Å². The average Bonchev–Trinajstić information content (AvgIpc) is 2.17. The molecule has 0 atom stereocenters. The third-order valence-corrected chi connectivity index (χ3v) is 5.97. The van der Waals surface area contributed by atoms with E-state index in [0.717, 1.165) is 5.19 Å². The molecule has 0 saturated carbocycles. The zero-order valence-corrected chi connectivity index (χ0v) is 10.7. The maximum atomic E-state index is 10.8. The smallest absolute Gasteiger partial charge is 0.294 e. The van der Waals surface area contributed by atoms with Crippen molar-refractivity contribution in [3.63, 3.8) is 0 Å². The van der Waals surface area contributed by atoms with Crippen LogP contribution in [0.5, 0.6) is 0 Å². The van der Waals surface area contributed by atoms with Gasteiger partial charge in [0.15, 0.2) is 0 Å². The Hall–Kier alpha value is -0.693. The molecule has 1 rings (SSSR count). The van der Waals surface area contributed by atoms with Crippen molar-refractivity contribution < 1.29 is 17.4 Å². The highest BCUT2D eigenvalue weighted by molar-refractivity contribution is 7.85. The van der Waals surface area contributed by atoms with Gasteiger partial charge in [0.25, 0.3) is 10.1 Å². The highest BCUT2D eigenvalue weighted by atomic mass is 32.2. The van der Waals surface area contributed by atoms with E-state index in [9.17, 15) is 8.42 Å². The molecule has 6 heteroatoms. The maximum Gasteiger partial charge on any atom is 0.294 e. The van der Waals surface area contributed by atoms with Crippen LogP contribution in [0, 0.1) is 0 Å². The summed E-state index contributed by atoms with van der Waals surface area (Å²) in [5, 5.41) is 0.984. The van der Waals surface area contributed by atoms with Crippen molar-refractivity contribution in [3.8, 4) is 0 Å². The van der Waals surface area contributed by atoms with Gasteiger partial charge in [-0.15, -0.1) is 0 Å². The molecule has 0 bridgehead atoms. The summed E-state index contributed by atoms with van der Waals surface area (Å²) in [6, 6.07) is 6.13. The predicted molar refractivity (Wildman–Crippen MR) is 60.4 cm³/mol. The minimum Gasteiger partial charge on any atom is -0.416 e. The largest absolute Gasteiger partial charge is 0.416 e. The van der Waals surface area contributed by atoms with Crippen molar-refractivity contribution in [2.75, 3.05) is 7.11 Å². The van der Waals surface area contributed by atoms with E-state index in [2.05, 4.69) is 0 Å². The van der Waals surface area contributed by atoms with Crippen LogP contribution < -0.4 is 5.19 Å². The highest BCUT2D eigenvalue weighted by Crippen LogP contribution is 2.09. The Morgan fingerprint density at radius 3 is 2.00 bits per heavy atom. The number of hydrogen-bond donors (Lipinski definition) is 1. The van der Waals surface area contributed by atoms with Crippen molar-refractivity contribution in [1.29, 1.82) is 0 Å². The Labute approximate surface area is 90.8 Å². The standard InChI is InChI=1S/C9H14O4SSi/c1-13-15(2,3)9-6-4-8(5-7-9)14(10,11)12/h4-7H,1-3H3,(H,10,11,12). The summed E-state index contributed by atoms with van der Waals surface area (Å²) < 4.78 is 35.8. The molecule has 0 heterocycles. The Bertz CT molecular complexity index is 436. The lowest BCUT2D eigenvalue weighted by molar-refractivity contribution is 0.416. The maximum absolute atomic E-state index is 10.8. The van der Waals surface area contributed by atoms with Crippen LogP contribution in [-0.4, -0.2) is 28.4 Å². The Balaban J connectivity index is 3.12. The van der Waals surface area contributed by atoms with Crippen molar-refractivity contribution in [2.24, 2.45) is 0 Å². The van der Waals surface area contributed by atoms with Crippen LogP contribution >= 0.6 is 0 Å². The zero-order chi connectivity index (χ0) is 11.7. The summed E-state index contributed by atoms with van der Waals surface area (Å²) in [5.41, 5.74) is 0. The van der Waals surface area contributed by atoms with E-state index in [1.807, 2.05) is 13.1 Å². The molecule has 0 aliphatic heterocycles. The van der Waals surface area contributed by atoms with E-state index in [0.29, 0.717) is 0 Å². The van der Waals surface area contributed by atoms with E-state index in [4.69, 9.17) is 8.98 Å². The monoisotopic (exact) mass is 246 g/mol. The average molecular weight is 246 g/mol. The summed E-state index contributed by atoms with van der Waals surface area (Å²) >= 11 is 0. The molecular weight excluding hydrogens is 232 g/mol. The lowest BCUT2D eigenvalue weighted by atomic mass is 10.4. The quantitative estimate of drug-likeness (QED) is 0.638. The van der Waals surface area contributed by atoms with Gasteiger partial charge < -0.3 is 4.43 Å². The summed E-state index contributed by atoms with van der Waals surface area (Å²) in [6.45, 7) is 4.02. The number of benzene rings is 1. The fraction of sp³-hybridized carbons (Fsp3) is 0.333. The highest BCUT2D eigenvalue weighted by Gasteiger charge is 2.23. The molecule has 0 unspecified atom stereocenters. The Kier molecular flexibility index (Phi) is 3.34. The molecule has 0 saturated heterocycles. The van der Waals surface area contributed by atoms with Crippen LogP contribution in [0.3, 0.4) is 0 Å². The minimum absolute atomic E-state index is 0.0906. The lowest BCUT2D eigenvalue weighted by Gasteiger charge is -2.20. The number of hydrogen-bond acceptors (Lipinski definition) is 3. The molecule has 0 fully saturated rings. The lowest BCUT2D eigenvalue weighted by Crippen LogP contribution is -2.43. The first-order chi connectivity index (χ1) is 6.77. The van der Waals surface area contributed by atoms with E-state index in [1.165, 1.54) is 12.1 Å². The van der Waals surface area contributed by atoms with Crippen LogP contribution in [0.2, 0.25) is 13.1 Å². The topological polar surface area (TPSA) is 63.6 Å². The normalized spacial score (nSPS) is 12.8. The predicted octanol–water partition coefficient (Wildman–Crippen LogP) is 0.992. The van der Waals surface area contributed by atoms with Gasteiger partial charge >= 0.3 is 0 Å². The summed E-state index contributed by atoms with van der Waals surface area (Å²) in [4.78, 5) is -0.0906. The second-order valence-corrected chi connectivity index (χ2v) is 9.14. The molecular formula is C9H14O4SSi. The van der Waals surface area contributed by atoms with Gasteiger partial charge in [-0.05, 0) is 30.4 Å². The van der Waals surface area contributed by atoms with Gasteiger partial charge in [-0.25, -0.2) is 0 Å². The molecule has 1 N–H and O–H groups in total. The molecule has 0 aliphatic carbocycles. The molecule has 84 valence electrons. The van der Waals surface area contributed by atoms with Gasteiger partial charge in [0.1, 0.15) is 0 Å². The molecule has 0 aromatic heterocycles. The molecule has 15 heavy (non-hydrogen) atoms. The molecule has 4 nitrogen and oxygen atoms in total. The Morgan fingerprint density at radius 1 is 1.20 bits per heavy atom. The van der Waals surface area contributed by atoms with Crippen LogP contribution in [-0.2, 0) is 14.5 Å². The van der Waals surface area contributed by atoms with E-state index in [1.54, 1.807) is 19.2 Å². The summed E-state index contributed by atoms with van der Waals surface area (Å²) in [6.07, 6.45) is 0. The second-order valence-electron chi connectivity index (χ2n) is 3.71. The summed E-state index contributed by atoms with van der Waals surface area (Å²) in [5.74, 6) is 0. The first-order valence-corrected chi connectivity index (χ1v) is 8.75. The van der Waals surface area contributed by atoms with Crippen LogP contribution in [0.4, 0.5) is 0 Å². The minimum atomic E-state index is -4.10. The van der Waals surface area contributed by atoms with Crippen LogP contribution in [0.1, 0.15) is 0 Å². The zero-order valence-electron chi connectivity index (χ0n) is 8.89. The Morgan fingerprint density at radius 2 is 1.67 bits per heavy atom. The van der Waals surface area contributed by atoms with Gasteiger partial charge in [-0.3, -0.25) is 4.55 Å². The SMILES string of the molecule is CO[Si](C)(C)c1ccc(S(=O)(=O)O)cc1. The van der Waals surface area contributed by atoms with Crippen LogP contribution in [0.15, 0.2) is 29.2 Å². The van der Waals surface area contributed by atoms with Gasteiger partial charge in [0.2, 0.25) is 8.32 Å². The third kappa shape index (κ3) is 2.88. The van der Waals surface area contributed by atoms with Crippen molar-refractivity contribution in [1.82, 2.24) is 0 Å². The van der Waals surface area contributed by atoms with Crippen LogP contribution in [0.25, 0.3) is 0 Å². The molecule has 1 aromatic carbocycles.